The molecule has 2 aliphatic rings. The molecule has 0 radical (unpaired) electrons. The van der Waals surface area contributed by atoms with Crippen molar-refractivity contribution in [3.63, 3.8) is 0 Å². The van der Waals surface area contributed by atoms with Gasteiger partial charge in [0.05, 0.1) is 10.6 Å². The third-order valence-electron chi connectivity index (χ3n) is 4.92. The maximum absolute atomic E-state index is 13.0. The molecule has 3 rings (SSSR count). The predicted octanol–water partition coefficient (Wildman–Crippen LogP) is 1.88. The van der Waals surface area contributed by atoms with E-state index in [1.807, 2.05) is 0 Å². The first-order valence-electron chi connectivity index (χ1n) is 9.02. The Hall–Kier alpha value is -2.68. The Morgan fingerprint density at radius 1 is 1.21 bits per heavy atom. The number of nitrogens with one attached hydrogen (secondary N) is 3. The minimum Gasteiger partial charge on any atom is -0.351 e. The van der Waals surface area contributed by atoms with Gasteiger partial charge in [-0.05, 0) is 31.0 Å². The Labute approximate surface area is 165 Å². The number of halogens is 2. The lowest BCUT2D eigenvalue weighted by atomic mass is 9.82. The largest absolute Gasteiger partial charge is 0.351 e. The van der Waals surface area contributed by atoms with Crippen molar-refractivity contribution in [2.75, 3.05) is 6.54 Å². The van der Waals surface area contributed by atoms with Crippen LogP contribution in [0.4, 0.5) is 9.18 Å². The maximum Gasteiger partial charge on any atom is 0.344 e. The van der Waals surface area contributed by atoms with Gasteiger partial charge in [-0.1, -0.05) is 30.9 Å². The summed E-state index contributed by atoms with van der Waals surface area (Å²) in [7, 11) is 0. The summed E-state index contributed by atoms with van der Waals surface area (Å²) in [4.78, 5) is 48.8. The van der Waals surface area contributed by atoms with Crippen molar-refractivity contribution in [3.8, 4) is 0 Å². The Morgan fingerprint density at radius 3 is 2.61 bits per heavy atom. The standard InChI is InChI=1S/C18H20ClFN4O4/c19-13-10-11(20)4-5-12(13)15(26)21-9-6-14(25)23-24-16(27)18(22-17(24)28)7-2-1-3-8-18/h4-5,10H,1-3,6-9H2,(H,21,26)(H,22,28)(H,23,25). The van der Waals surface area contributed by atoms with E-state index in [1.54, 1.807) is 0 Å². The number of imide groups is 1. The number of hydrogen-bond acceptors (Lipinski definition) is 4. The topological polar surface area (TPSA) is 108 Å². The minimum absolute atomic E-state index is 0.0425. The van der Waals surface area contributed by atoms with Gasteiger partial charge in [0.25, 0.3) is 11.8 Å². The molecule has 8 nitrogen and oxygen atoms in total. The van der Waals surface area contributed by atoms with Gasteiger partial charge in [-0.2, -0.15) is 5.01 Å². The molecule has 1 heterocycles. The normalized spacial score (nSPS) is 18.1. The zero-order valence-corrected chi connectivity index (χ0v) is 15.8. The van der Waals surface area contributed by atoms with Gasteiger partial charge >= 0.3 is 6.03 Å². The molecule has 2 fully saturated rings. The van der Waals surface area contributed by atoms with Gasteiger partial charge in [-0.25, -0.2) is 9.18 Å². The van der Waals surface area contributed by atoms with Crippen LogP contribution in [-0.2, 0) is 9.59 Å². The first-order chi connectivity index (χ1) is 13.3. The third kappa shape index (κ3) is 4.09. The zero-order chi connectivity index (χ0) is 20.3. The monoisotopic (exact) mass is 410 g/mol. The quantitative estimate of drug-likeness (QED) is 0.644. The van der Waals surface area contributed by atoms with Crippen LogP contribution in [0.1, 0.15) is 48.9 Å². The Morgan fingerprint density at radius 2 is 1.93 bits per heavy atom. The second-order valence-corrected chi connectivity index (χ2v) is 7.29. The highest BCUT2D eigenvalue weighted by Crippen LogP contribution is 2.32. The number of hydrazine groups is 1. The van der Waals surface area contributed by atoms with Crippen LogP contribution in [0.2, 0.25) is 5.02 Å². The number of carbonyl (C=O) groups is 4. The lowest BCUT2D eigenvalue weighted by molar-refractivity contribution is -0.139. The van der Waals surface area contributed by atoms with E-state index in [4.69, 9.17) is 11.6 Å². The van der Waals surface area contributed by atoms with Crippen molar-refractivity contribution in [3.05, 3.63) is 34.6 Å². The molecule has 1 spiro atoms. The maximum atomic E-state index is 13.0. The highest BCUT2D eigenvalue weighted by atomic mass is 35.5. The summed E-state index contributed by atoms with van der Waals surface area (Å²) in [5.41, 5.74) is 1.45. The SMILES string of the molecule is O=C(CCNC(=O)c1ccc(F)cc1Cl)NN1C(=O)NC2(CCCCC2)C1=O. The van der Waals surface area contributed by atoms with E-state index in [9.17, 15) is 23.6 Å². The first-order valence-corrected chi connectivity index (χ1v) is 9.40. The average Bonchev–Trinajstić information content (AvgIpc) is 2.86. The molecule has 28 heavy (non-hydrogen) atoms. The number of rotatable bonds is 5. The molecule has 1 saturated heterocycles. The summed E-state index contributed by atoms with van der Waals surface area (Å²) in [5.74, 6) is -2.17. The number of hydrogen-bond donors (Lipinski definition) is 3. The van der Waals surface area contributed by atoms with E-state index < -0.39 is 35.1 Å². The van der Waals surface area contributed by atoms with Crippen LogP contribution in [0.15, 0.2) is 18.2 Å². The van der Waals surface area contributed by atoms with Crippen LogP contribution >= 0.6 is 11.6 Å². The molecule has 0 unspecified atom stereocenters. The zero-order valence-electron chi connectivity index (χ0n) is 15.0. The van der Waals surface area contributed by atoms with Crippen LogP contribution in [0, 0.1) is 5.82 Å². The van der Waals surface area contributed by atoms with Crippen LogP contribution in [0.5, 0.6) is 0 Å². The molecule has 1 aliphatic heterocycles. The lowest BCUT2D eigenvalue weighted by Gasteiger charge is -2.30. The predicted molar refractivity (Wildman–Crippen MR) is 97.7 cm³/mol. The molecule has 3 N–H and O–H groups in total. The van der Waals surface area contributed by atoms with E-state index in [-0.39, 0.29) is 23.6 Å². The third-order valence-corrected chi connectivity index (χ3v) is 5.23. The average molecular weight is 411 g/mol. The van der Waals surface area contributed by atoms with Gasteiger partial charge in [0.1, 0.15) is 11.4 Å². The summed E-state index contributed by atoms with van der Waals surface area (Å²) >= 11 is 5.81. The summed E-state index contributed by atoms with van der Waals surface area (Å²) < 4.78 is 13.0. The van der Waals surface area contributed by atoms with Crippen molar-refractivity contribution in [1.29, 1.82) is 0 Å². The smallest absolute Gasteiger partial charge is 0.344 e. The van der Waals surface area contributed by atoms with E-state index in [1.165, 1.54) is 6.07 Å². The van der Waals surface area contributed by atoms with Crippen LogP contribution in [-0.4, -0.2) is 40.8 Å². The van der Waals surface area contributed by atoms with Crippen molar-refractivity contribution >= 4 is 35.4 Å². The lowest BCUT2D eigenvalue weighted by Crippen LogP contribution is -2.51. The van der Waals surface area contributed by atoms with Gasteiger partial charge in [0.2, 0.25) is 5.91 Å². The fourth-order valence-electron chi connectivity index (χ4n) is 3.46. The van der Waals surface area contributed by atoms with Gasteiger partial charge in [0, 0.05) is 13.0 Å². The molecule has 150 valence electrons. The molecule has 10 heteroatoms. The molecule has 1 saturated carbocycles. The second-order valence-electron chi connectivity index (χ2n) is 6.88. The number of benzene rings is 1. The molecule has 1 aromatic carbocycles. The molecular formula is C18H20ClFN4O4. The van der Waals surface area contributed by atoms with Crippen molar-refractivity contribution in [2.45, 2.75) is 44.1 Å². The van der Waals surface area contributed by atoms with Gasteiger partial charge in [-0.3, -0.25) is 19.8 Å². The molecule has 0 aromatic heterocycles. The number of urea groups is 1. The molecule has 0 atom stereocenters. The van der Waals surface area contributed by atoms with Crippen molar-refractivity contribution in [2.24, 2.45) is 0 Å². The van der Waals surface area contributed by atoms with E-state index in [2.05, 4.69) is 16.1 Å². The minimum atomic E-state index is -0.920. The molecule has 1 aromatic rings. The molecule has 0 bridgehead atoms. The Bertz CT molecular complexity index is 826. The molecule has 1 aliphatic carbocycles. The van der Waals surface area contributed by atoms with E-state index in [0.29, 0.717) is 17.9 Å². The van der Waals surface area contributed by atoms with E-state index >= 15 is 0 Å². The fraction of sp³-hybridized carbons (Fsp3) is 0.444. The second kappa shape index (κ2) is 8.14. The fourth-order valence-corrected chi connectivity index (χ4v) is 3.71. The summed E-state index contributed by atoms with van der Waals surface area (Å²) in [5, 5.41) is 5.84. The Balaban J connectivity index is 1.50. The number of nitrogens with zero attached hydrogens (tertiary/aromatic N) is 1. The van der Waals surface area contributed by atoms with Gasteiger partial charge in [0.15, 0.2) is 0 Å². The summed E-state index contributed by atoms with van der Waals surface area (Å²) in [6, 6.07) is 2.71. The van der Waals surface area contributed by atoms with Crippen molar-refractivity contribution < 1.29 is 23.6 Å². The summed E-state index contributed by atoms with van der Waals surface area (Å²) in [6.45, 7) is -0.0484. The van der Waals surface area contributed by atoms with Crippen molar-refractivity contribution in [1.82, 2.24) is 21.1 Å². The summed E-state index contributed by atoms with van der Waals surface area (Å²) in [6.07, 6.45) is 3.64. The molecular weight excluding hydrogens is 391 g/mol. The highest BCUT2D eigenvalue weighted by molar-refractivity contribution is 6.33. The van der Waals surface area contributed by atoms with Crippen LogP contribution in [0.3, 0.4) is 0 Å². The van der Waals surface area contributed by atoms with Crippen LogP contribution < -0.4 is 16.1 Å². The van der Waals surface area contributed by atoms with Crippen LogP contribution in [0.25, 0.3) is 0 Å². The number of amides is 5. The van der Waals surface area contributed by atoms with Gasteiger partial charge < -0.3 is 10.6 Å². The van der Waals surface area contributed by atoms with E-state index in [0.717, 1.165) is 31.4 Å². The first kappa shape index (κ1) is 20.1. The number of carbonyl (C=O) groups excluding carboxylic acids is 4. The Kier molecular flexibility index (Phi) is 5.83. The molecule has 5 amide bonds. The van der Waals surface area contributed by atoms with Gasteiger partial charge in [-0.15, -0.1) is 0 Å². The highest BCUT2D eigenvalue weighted by Gasteiger charge is 2.52.